The standard InChI is InChI=1S/C19H18N4O4/c1-12(18(24)20-10-13-3-5-14(26-2)6-4-13)23-19(25)16-9-17-15(7-8-27-17)22(16)11-21-23/h3-9,11-12H,10H2,1-2H3,(H,20,24). The molecule has 1 aromatic carbocycles. The summed E-state index contributed by atoms with van der Waals surface area (Å²) in [6.07, 6.45) is 3.07. The van der Waals surface area contributed by atoms with Crippen LogP contribution in [0.15, 0.2) is 58.2 Å². The first-order valence-electron chi connectivity index (χ1n) is 8.45. The number of fused-ring (bicyclic) bond motifs is 3. The highest BCUT2D eigenvalue weighted by molar-refractivity contribution is 5.82. The predicted octanol–water partition coefficient (Wildman–Crippen LogP) is 2.13. The van der Waals surface area contributed by atoms with Crippen molar-refractivity contribution in [3.63, 3.8) is 0 Å². The Morgan fingerprint density at radius 1 is 1.26 bits per heavy atom. The highest BCUT2D eigenvalue weighted by Crippen LogP contribution is 2.18. The van der Waals surface area contributed by atoms with Gasteiger partial charge >= 0.3 is 0 Å². The van der Waals surface area contributed by atoms with Gasteiger partial charge < -0.3 is 14.5 Å². The van der Waals surface area contributed by atoms with Crippen LogP contribution in [-0.4, -0.2) is 27.2 Å². The second-order valence-corrected chi connectivity index (χ2v) is 6.19. The van der Waals surface area contributed by atoms with E-state index < -0.39 is 6.04 Å². The molecule has 1 amide bonds. The summed E-state index contributed by atoms with van der Waals surface area (Å²) in [7, 11) is 1.60. The molecule has 27 heavy (non-hydrogen) atoms. The zero-order chi connectivity index (χ0) is 19.0. The van der Waals surface area contributed by atoms with E-state index in [1.54, 1.807) is 36.8 Å². The normalized spacial score (nSPS) is 12.4. The van der Waals surface area contributed by atoms with Crippen LogP contribution in [-0.2, 0) is 11.3 Å². The Bertz CT molecular complexity index is 1170. The molecule has 0 radical (unpaired) electrons. The summed E-state index contributed by atoms with van der Waals surface area (Å²) in [5.74, 6) is 0.459. The largest absolute Gasteiger partial charge is 0.497 e. The molecule has 1 unspecified atom stereocenters. The number of methoxy groups -OCH3 is 1. The number of hydrogen-bond acceptors (Lipinski definition) is 5. The number of benzene rings is 1. The first-order chi connectivity index (χ1) is 13.1. The second kappa shape index (κ2) is 6.64. The molecule has 0 spiro atoms. The Balaban J connectivity index is 1.54. The van der Waals surface area contributed by atoms with Gasteiger partial charge in [0.1, 0.15) is 23.6 Å². The number of aromatic nitrogens is 3. The van der Waals surface area contributed by atoms with E-state index in [2.05, 4.69) is 10.4 Å². The maximum absolute atomic E-state index is 12.7. The maximum atomic E-state index is 12.7. The number of carbonyl (C=O) groups is 1. The molecule has 3 heterocycles. The van der Waals surface area contributed by atoms with Gasteiger partial charge in [-0.05, 0) is 24.6 Å². The molecule has 0 aliphatic heterocycles. The second-order valence-electron chi connectivity index (χ2n) is 6.19. The SMILES string of the molecule is COc1ccc(CNC(=O)C(C)n2ncn3c(cc4occc43)c2=O)cc1. The predicted molar refractivity (Wildman–Crippen MR) is 98.8 cm³/mol. The van der Waals surface area contributed by atoms with Crippen LogP contribution >= 0.6 is 0 Å². The minimum absolute atomic E-state index is 0.292. The van der Waals surface area contributed by atoms with Gasteiger partial charge in [-0.25, -0.2) is 4.68 Å². The topological polar surface area (TPSA) is 90.8 Å². The molecule has 3 aromatic heterocycles. The molecule has 1 atom stereocenters. The Morgan fingerprint density at radius 3 is 2.78 bits per heavy atom. The number of hydrogen-bond donors (Lipinski definition) is 1. The van der Waals surface area contributed by atoms with Crippen LogP contribution in [0.1, 0.15) is 18.5 Å². The average molecular weight is 366 g/mol. The Labute approximate surface area is 154 Å². The number of ether oxygens (including phenoxy) is 1. The molecule has 0 fully saturated rings. The molecule has 8 heteroatoms. The van der Waals surface area contributed by atoms with Gasteiger partial charge in [0.25, 0.3) is 5.56 Å². The first-order valence-corrected chi connectivity index (χ1v) is 8.45. The van der Waals surface area contributed by atoms with Crippen LogP contribution in [0.25, 0.3) is 16.6 Å². The van der Waals surface area contributed by atoms with Gasteiger partial charge in [0.15, 0.2) is 5.58 Å². The van der Waals surface area contributed by atoms with Crippen LogP contribution in [0, 0.1) is 0 Å². The van der Waals surface area contributed by atoms with Gasteiger partial charge in [-0.2, -0.15) is 5.10 Å². The first kappa shape index (κ1) is 16.9. The van der Waals surface area contributed by atoms with Crippen molar-refractivity contribution >= 4 is 22.5 Å². The van der Waals surface area contributed by atoms with E-state index in [0.29, 0.717) is 17.6 Å². The van der Waals surface area contributed by atoms with Crippen molar-refractivity contribution in [1.29, 1.82) is 0 Å². The summed E-state index contributed by atoms with van der Waals surface area (Å²) in [6.45, 7) is 1.99. The number of nitrogens with one attached hydrogen (secondary N) is 1. The lowest BCUT2D eigenvalue weighted by Crippen LogP contribution is -2.37. The van der Waals surface area contributed by atoms with Gasteiger partial charge in [0.05, 0.1) is 18.9 Å². The minimum atomic E-state index is -0.748. The van der Waals surface area contributed by atoms with E-state index in [4.69, 9.17) is 9.15 Å². The Hall–Kier alpha value is -3.55. The number of furan rings is 1. The van der Waals surface area contributed by atoms with E-state index in [-0.39, 0.29) is 11.5 Å². The number of amides is 1. The minimum Gasteiger partial charge on any atom is -0.497 e. The number of nitrogens with zero attached hydrogens (tertiary/aromatic N) is 3. The monoisotopic (exact) mass is 366 g/mol. The van der Waals surface area contributed by atoms with Crippen molar-refractivity contribution < 1.29 is 13.9 Å². The smallest absolute Gasteiger partial charge is 0.291 e. The zero-order valence-electron chi connectivity index (χ0n) is 14.9. The van der Waals surface area contributed by atoms with Gasteiger partial charge in [-0.1, -0.05) is 12.1 Å². The Kier molecular flexibility index (Phi) is 4.15. The summed E-state index contributed by atoms with van der Waals surface area (Å²) in [5, 5.41) is 6.98. The summed E-state index contributed by atoms with van der Waals surface area (Å²) < 4.78 is 13.3. The van der Waals surface area contributed by atoms with Crippen molar-refractivity contribution in [3.8, 4) is 5.75 Å². The van der Waals surface area contributed by atoms with Crippen molar-refractivity contribution in [2.45, 2.75) is 19.5 Å². The van der Waals surface area contributed by atoms with E-state index >= 15 is 0 Å². The molecule has 0 aliphatic carbocycles. The molecule has 0 saturated heterocycles. The lowest BCUT2D eigenvalue weighted by atomic mass is 10.2. The van der Waals surface area contributed by atoms with Crippen molar-refractivity contribution in [2.24, 2.45) is 0 Å². The lowest BCUT2D eigenvalue weighted by Gasteiger charge is -2.14. The molecule has 4 aromatic rings. The molecular weight excluding hydrogens is 348 g/mol. The number of rotatable bonds is 5. The molecule has 0 saturated carbocycles. The fourth-order valence-corrected chi connectivity index (χ4v) is 2.98. The molecule has 0 bridgehead atoms. The van der Waals surface area contributed by atoms with Gasteiger partial charge in [0.2, 0.25) is 5.91 Å². The quantitative estimate of drug-likeness (QED) is 0.584. The van der Waals surface area contributed by atoms with Crippen LogP contribution in [0.5, 0.6) is 5.75 Å². The van der Waals surface area contributed by atoms with E-state index in [0.717, 1.165) is 16.8 Å². The molecule has 4 rings (SSSR count). The highest BCUT2D eigenvalue weighted by Gasteiger charge is 2.19. The lowest BCUT2D eigenvalue weighted by molar-refractivity contribution is -0.124. The van der Waals surface area contributed by atoms with Crippen molar-refractivity contribution in [1.82, 2.24) is 19.5 Å². The van der Waals surface area contributed by atoms with Crippen molar-refractivity contribution in [2.75, 3.05) is 7.11 Å². The van der Waals surface area contributed by atoms with Crippen LogP contribution in [0.3, 0.4) is 0 Å². The molecule has 1 N–H and O–H groups in total. The van der Waals surface area contributed by atoms with Gasteiger partial charge in [-0.3, -0.25) is 14.0 Å². The third-order valence-corrected chi connectivity index (χ3v) is 4.55. The number of carbonyl (C=O) groups excluding carboxylic acids is 1. The maximum Gasteiger partial charge on any atom is 0.291 e. The van der Waals surface area contributed by atoms with Crippen LogP contribution in [0.2, 0.25) is 0 Å². The summed E-state index contributed by atoms with van der Waals surface area (Å²) in [6, 6.07) is 10.1. The van der Waals surface area contributed by atoms with Crippen molar-refractivity contribution in [3.05, 3.63) is 64.9 Å². The molecule has 8 nitrogen and oxygen atoms in total. The Morgan fingerprint density at radius 2 is 2.04 bits per heavy atom. The molecule has 138 valence electrons. The zero-order valence-corrected chi connectivity index (χ0v) is 14.9. The molecular formula is C19H18N4O4. The van der Waals surface area contributed by atoms with E-state index in [1.807, 2.05) is 24.3 Å². The fourth-order valence-electron chi connectivity index (χ4n) is 2.98. The highest BCUT2D eigenvalue weighted by atomic mass is 16.5. The van der Waals surface area contributed by atoms with E-state index in [1.165, 1.54) is 11.0 Å². The van der Waals surface area contributed by atoms with Gasteiger partial charge in [0, 0.05) is 18.7 Å². The summed E-state index contributed by atoms with van der Waals surface area (Å²) >= 11 is 0. The fraction of sp³-hybridized carbons (Fsp3) is 0.211. The van der Waals surface area contributed by atoms with E-state index in [9.17, 15) is 9.59 Å². The third kappa shape index (κ3) is 2.95. The van der Waals surface area contributed by atoms with Crippen LogP contribution in [0.4, 0.5) is 0 Å². The summed E-state index contributed by atoms with van der Waals surface area (Å²) in [4.78, 5) is 25.2. The van der Waals surface area contributed by atoms with Gasteiger partial charge in [-0.15, -0.1) is 0 Å². The third-order valence-electron chi connectivity index (χ3n) is 4.55. The summed E-state index contributed by atoms with van der Waals surface area (Å²) in [5.41, 5.74) is 2.35. The van der Waals surface area contributed by atoms with Crippen LogP contribution < -0.4 is 15.6 Å². The average Bonchev–Trinajstić information content (AvgIpc) is 3.28. The molecule has 0 aliphatic rings.